The molecule has 0 aromatic heterocycles. The lowest BCUT2D eigenvalue weighted by Crippen LogP contribution is -2.72. The third kappa shape index (κ3) is 3.11. The minimum Gasteiger partial charge on any atom is -0.384 e. The monoisotopic (exact) mass is 268 g/mol. The summed E-state index contributed by atoms with van der Waals surface area (Å²) in [6, 6.07) is 0. The molecule has 4 nitrogen and oxygen atoms in total. The highest BCUT2D eigenvalue weighted by molar-refractivity contribution is 5.77. The van der Waals surface area contributed by atoms with Crippen LogP contribution in [0.3, 0.4) is 0 Å². The van der Waals surface area contributed by atoms with Crippen molar-refractivity contribution in [1.29, 1.82) is 0 Å². The molecule has 1 atom stereocenters. The topological polar surface area (TPSA) is 32.8 Å². The summed E-state index contributed by atoms with van der Waals surface area (Å²) in [6.45, 7) is 8.02. The molecule has 19 heavy (non-hydrogen) atoms. The maximum atomic E-state index is 12.1. The van der Waals surface area contributed by atoms with Gasteiger partial charge >= 0.3 is 0 Å². The van der Waals surface area contributed by atoms with Gasteiger partial charge in [-0.2, -0.15) is 0 Å². The number of likely N-dealkylation sites (tertiary alicyclic amines) is 2. The number of carbonyl (C=O) groups is 1. The maximum Gasteiger partial charge on any atom is 0.222 e. The quantitative estimate of drug-likeness (QED) is 0.776. The third-order valence-corrected chi connectivity index (χ3v) is 4.66. The van der Waals surface area contributed by atoms with Crippen LogP contribution < -0.4 is 0 Å². The Labute approximate surface area is 117 Å². The van der Waals surface area contributed by atoms with Crippen LogP contribution >= 0.6 is 0 Å². The predicted molar refractivity (Wildman–Crippen MR) is 76.0 cm³/mol. The second-order valence-electron chi connectivity index (χ2n) is 6.81. The summed E-state index contributed by atoms with van der Waals surface area (Å²) in [5, 5.41) is 0. The third-order valence-electron chi connectivity index (χ3n) is 4.66. The molecule has 0 aromatic rings. The summed E-state index contributed by atoms with van der Waals surface area (Å²) in [5.74, 6) is 1.43. The van der Waals surface area contributed by atoms with Crippen molar-refractivity contribution in [3.63, 3.8) is 0 Å². The fraction of sp³-hybridized carbons (Fsp3) is 0.933. The van der Waals surface area contributed by atoms with Gasteiger partial charge < -0.3 is 9.64 Å². The van der Waals surface area contributed by atoms with Crippen LogP contribution in [0.15, 0.2) is 0 Å². The van der Waals surface area contributed by atoms with E-state index in [0.29, 0.717) is 24.2 Å². The summed E-state index contributed by atoms with van der Waals surface area (Å²) in [5.41, 5.74) is 0.230. The Kier molecular flexibility index (Phi) is 4.51. The van der Waals surface area contributed by atoms with Crippen LogP contribution in [-0.4, -0.2) is 61.6 Å². The van der Waals surface area contributed by atoms with Crippen molar-refractivity contribution in [2.45, 2.75) is 38.6 Å². The van der Waals surface area contributed by atoms with Gasteiger partial charge in [0.15, 0.2) is 0 Å². The van der Waals surface area contributed by atoms with E-state index in [0.717, 1.165) is 26.2 Å². The van der Waals surface area contributed by atoms with Crippen molar-refractivity contribution in [1.82, 2.24) is 9.80 Å². The van der Waals surface area contributed by atoms with Crippen LogP contribution in [0.4, 0.5) is 0 Å². The zero-order valence-electron chi connectivity index (χ0n) is 12.8. The molecule has 2 aliphatic rings. The fourth-order valence-corrected chi connectivity index (χ4v) is 3.48. The zero-order valence-corrected chi connectivity index (χ0v) is 12.8. The van der Waals surface area contributed by atoms with Gasteiger partial charge in [-0.1, -0.05) is 13.8 Å². The van der Waals surface area contributed by atoms with E-state index in [1.165, 1.54) is 12.8 Å². The van der Waals surface area contributed by atoms with Gasteiger partial charge in [0.2, 0.25) is 5.91 Å². The van der Waals surface area contributed by atoms with Gasteiger partial charge in [-0.25, -0.2) is 0 Å². The SMILES string of the molecule is COC[C@H]1CCN(C)C2(C1)CN(C(=O)CC(C)C)C2. The van der Waals surface area contributed by atoms with Crippen molar-refractivity contribution < 1.29 is 9.53 Å². The summed E-state index contributed by atoms with van der Waals surface area (Å²) in [4.78, 5) is 16.5. The number of hydrogen-bond acceptors (Lipinski definition) is 3. The van der Waals surface area contributed by atoms with Gasteiger partial charge in [-0.15, -0.1) is 0 Å². The highest BCUT2D eigenvalue weighted by Gasteiger charge is 2.50. The van der Waals surface area contributed by atoms with E-state index < -0.39 is 0 Å². The zero-order chi connectivity index (χ0) is 14.0. The maximum absolute atomic E-state index is 12.1. The van der Waals surface area contributed by atoms with E-state index in [1.807, 2.05) is 4.90 Å². The number of piperidine rings is 1. The Morgan fingerprint density at radius 1 is 1.42 bits per heavy atom. The Morgan fingerprint density at radius 3 is 2.68 bits per heavy atom. The summed E-state index contributed by atoms with van der Waals surface area (Å²) in [6.07, 6.45) is 3.07. The number of likely N-dealkylation sites (N-methyl/N-ethyl adjacent to an activating group) is 1. The molecule has 0 bridgehead atoms. The van der Waals surface area contributed by atoms with Gasteiger partial charge in [-0.05, 0) is 38.3 Å². The Balaban J connectivity index is 1.89. The molecule has 0 unspecified atom stereocenters. The van der Waals surface area contributed by atoms with Crippen molar-refractivity contribution in [2.24, 2.45) is 11.8 Å². The lowest BCUT2D eigenvalue weighted by Gasteiger charge is -2.58. The average molecular weight is 268 g/mol. The summed E-state index contributed by atoms with van der Waals surface area (Å²) in [7, 11) is 3.98. The van der Waals surface area contributed by atoms with E-state index in [9.17, 15) is 4.79 Å². The first-order valence-corrected chi connectivity index (χ1v) is 7.45. The van der Waals surface area contributed by atoms with Crippen LogP contribution in [0, 0.1) is 11.8 Å². The first-order chi connectivity index (χ1) is 8.97. The molecule has 2 heterocycles. The van der Waals surface area contributed by atoms with E-state index >= 15 is 0 Å². The number of ether oxygens (including phenoxy) is 1. The number of carbonyl (C=O) groups excluding carboxylic acids is 1. The molecular weight excluding hydrogens is 240 g/mol. The van der Waals surface area contributed by atoms with E-state index in [1.54, 1.807) is 7.11 Å². The molecule has 0 saturated carbocycles. The number of nitrogens with zero attached hydrogens (tertiary/aromatic N) is 2. The van der Waals surface area contributed by atoms with Gasteiger partial charge in [0, 0.05) is 33.2 Å². The Morgan fingerprint density at radius 2 is 2.11 bits per heavy atom. The van der Waals surface area contributed by atoms with Crippen LogP contribution in [0.5, 0.6) is 0 Å². The van der Waals surface area contributed by atoms with Gasteiger partial charge in [0.05, 0.1) is 5.54 Å². The second kappa shape index (κ2) is 5.80. The average Bonchev–Trinajstić information content (AvgIpc) is 2.28. The molecule has 0 radical (unpaired) electrons. The first-order valence-electron chi connectivity index (χ1n) is 7.45. The van der Waals surface area contributed by atoms with E-state index in [2.05, 4.69) is 25.8 Å². The van der Waals surface area contributed by atoms with Gasteiger partial charge in [0.1, 0.15) is 0 Å². The Bertz CT molecular complexity index is 324. The Hall–Kier alpha value is -0.610. The lowest BCUT2D eigenvalue weighted by molar-refractivity contribution is -0.151. The minimum absolute atomic E-state index is 0.230. The molecule has 2 aliphatic heterocycles. The first kappa shape index (κ1) is 14.8. The molecule has 2 rings (SSSR count). The second-order valence-corrected chi connectivity index (χ2v) is 6.81. The van der Waals surface area contributed by atoms with Crippen LogP contribution in [0.2, 0.25) is 0 Å². The largest absolute Gasteiger partial charge is 0.384 e. The normalized spacial score (nSPS) is 26.8. The molecule has 0 aromatic carbocycles. The molecule has 0 aliphatic carbocycles. The van der Waals surface area contributed by atoms with Gasteiger partial charge in [0.25, 0.3) is 0 Å². The van der Waals surface area contributed by atoms with Crippen LogP contribution in [0.1, 0.15) is 33.1 Å². The number of rotatable bonds is 4. The van der Waals surface area contributed by atoms with Crippen molar-refractivity contribution in [3.05, 3.63) is 0 Å². The summed E-state index contributed by atoms with van der Waals surface area (Å²) >= 11 is 0. The molecule has 4 heteroatoms. The number of amides is 1. The molecule has 1 amide bonds. The minimum atomic E-state index is 0.230. The van der Waals surface area contributed by atoms with E-state index in [4.69, 9.17) is 4.74 Å². The number of hydrogen-bond donors (Lipinski definition) is 0. The lowest BCUT2D eigenvalue weighted by atomic mass is 9.75. The van der Waals surface area contributed by atoms with Crippen molar-refractivity contribution in [2.75, 3.05) is 40.4 Å². The van der Waals surface area contributed by atoms with E-state index in [-0.39, 0.29) is 5.54 Å². The molecule has 110 valence electrons. The van der Waals surface area contributed by atoms with Crippen molar-refractivity contribution >= 4 is 5.91 Å². The standard InChI is InChI=1S/C15H28N2O2/c1-12(2)7-14(18)17-10-15(11-17)8-13(9-19-4)5-6-16(15)3/h12-13H,5-11H2,1-4H3/t13-/m0/s1. The smallest absolute Gasteiger partial charge is 0.222 e. The molecule has 1 spiro atoms. The summed E-state index contributed by atoms with van der Waals surface area (Å²) < 4.78 is 5.31. The fourth-order valence-electron chi connectivity index (χ4n) is 3.48. The molecule has 2 saturated heterocycles. The van der Waals surface area contributed by atoms with Crippen LogP contribution in [0.25, 0.3) is 0 Å². The molecular formula is C15H28N2O2. The highest BCUT2D eigenvalue weighted by Crippen LogP contribution is 2.38. The van der Waals surface area contributed by atoms with Gasteiger partial charge in [-0.3, -0.25) is 9.69 Å². The predicted octanol–water partition coefficient (Wildman–Crippen LogP) is 1.60. The number of methoxy groups -OCH3 is 1. The van der Waals surface area contributed by atoms with Crippen molar-refractivity contribution in [3.8, 4) is 0 Å². The molecule has 2 fully saturated rings. The highest BCUT2D eigenvalue weighted by atomic mass is 16.5. The molecule has 0 N–H and O–H groups in total. The van der Waals surface area contributed by atoms with Crippen LogP contribution in [-0.2, 0) is 9.53 Å².